The average Bonchev–Trinajstić information content (AvgIpc) is 2.33. The van der Waals surface area contributed by atoms with Gasteiger partial charge in [0.1, 0.15) is 0 Å². The van der Waals surface area contributed by atoms with Crippen LogP contribution >= 0.6 is 0 Å². The van der Waals surface area contributed by atoms with Gasteiger partial charge in [0, 0.05) is 32.1 Å². The fraction of sp³-hybridized carbons (Fsp3) is 0.583. The van der Waals surface area contributed by atoms with E-state index >= 15 is 0 Å². The summed E-state index contributed by atoms with van der Waals surface area (Å²) in [6.45, 7) is 6.31. The van der Waals surface area contributed by atoms with Crippen molar-refractivity contribution in [2.75, 3.05) is 18.0 Å². The number of aryl methyl sites for hydroxylation is 1. The molecule has 1 rings (SSSR count). The first-order chi connectivity index (χ1) is 8.22. The Morgan fingerprint density at radius 3 is 2.71 bits per heavy atom. The Labute approximate surface area is 101 Å². The van der Waals surface area contributed by atoms with E-state index in [0.29, 0.717) is 19.4 Å². The summed E-state index contributed by atoms with van der Waals surface area (Å²) in [6.07, 6.45) is 2.82. The number of nitrogens with zero attached hydrogens (tertiary/aromatic N) is 4. The largest absolute Gasteiger partial charge is 0.371 e. The van der Waals surface area contributed by atoms with Crippen LogP contribution in [0.5, 0.6) is 0 Å². The molecule has 0 saturated heterocycles. The molecule has 92 valence electrons. The second-order valence-electron chi connectivity index (χ2n) is 3.71. The lowest BCUT2D eigenvalue weighted by atomic mass is 10.3. The predicted molar refractivity (Wildman–Crippen MR) is 66.9 cm³/mol. The van der Waals surface area contributed by atoms with Crippen molar-refractivity contribution < 1.29 is 0 Å². The van der Waals surface area contributed by atoms with Crippen LogP contribution in [0.15, 0.2) is 17.1 Å². The third-order valence-electron chi connectivity index (χ3n) is 2.64. The highest BCUT2D eigenvalue weighted by atomic mass is 16.1. The Morgan fingerprint density at radius 1 is 1.47 bits per heavy atom. The molecule has 0 N–H and O–H groups in total. The van der Waals surface area contributed by atoms with Crippen molar-refractivity contribution in [2.45, 2.75) is 33.2 Å². The van der Waals surface area contributed by atoms with Crippen LogP contribution in [0.4, 0.5) is 5.69 Å². The van der Waals surface area contributed by atoms with E-state index in [-0.39, 0.29) is 5.56 Å². The summed E-state index contributed by atoms with van der Waals surface area (Å²) in [6, 6.07) is 3.66. The van der Waals surface area contributed by atoms with Gasteiger partial charge < -0.3 is 4.90 Å². The van der Waals surface area contributed by atoms with E-state index < -0.39 is 0 Å². The zero-order chi connectivity index (χ0) is 12.7. The van der Waals surface area contributed by atoms with Crippen LogP contribution in [-0.2, 0) is 6.54 Å². The molecule has 0 saturated carbocycles. The van der Waals surface area contributed by atoms with Gasteiger partial charge in [0.2, 0.25) is 0 Å². The van der Waals surface area contributed by atoms with E-state index in [1.165, 1.54) is 4.68 Å². The molecule has 1 heterocycles. The molecule has 5 heteroatoms. The molecule has 0 aliphatic rings. The van der Waals surface area contributed by atoms with Gasteiger partial charge in [-0.05, 0) is 20.3 Å². The highest BCUT2D eigenvalue weighted by molar-refractivity contribution is 5.42. The molecule has 0 fully saturated rings. The smallest absolute Gasteiger partial charge is 0.268 e. The molecule has 0 radical (unpaired) electrons. The van der Waals surface area contributed by atoms with Gasteiger partial charge in [-0.2, -0.15) is 10.4 Å². The normalized spacial score (nSPS) is 9.94. The number of anilines is 1. The third-order valence-corrected chi connectivity index (χ3v) is 2.64. The summed E-state index contributed by atoms with van der Waals surface area (Å²) in [5.74, 6) is 0. The van der Waals surface area contributed by atoms with E-state index in [1.54, 1.807) is 12.3 Å². The van der Waals surface area contributed by atoms with E-state index in [4.69, 9.17) is 5.26 Å². The molecule has 0 amide bonds. The summed E-state index contributed by atoms with van der Waals surface area (Å²) in [5.41, 5.74) is 0.754. The Bertz CT molecular complexity index is 443. The van der Waals surface area contributed by atoms with Crippen molar-refractivity contribution >= 4 is 5.69 Å². The topological polar surface area (TPSA) is 61.9 Å². The first kappa shape index (κ1) is 13.2. The molecule has 17 heavy (non-hydrogen) atoms. The first-order valence-corrected chi connectivity index (χ1v) is 5.92. The van der Waals surface area contributed by atoms with Gasteiger partial charge in [-0.15, -0.1) is 0 Å². The maximum atomic E-state index is 11.8. The number of nitriles is 1. The van der Waals surface area contributed by atoms with Gasteiger partial charge in [-0.3, -0.25) is 4.79 Å². The van der Waals surface area contributed by atoms with Crippen LogP contribution in [0.1, 0.15) is 26.7 Å². The Kier molecular flexibility index (Phi) is 5.21. The fourth-order valence-electron chi connectivity index (χ4n) is 1.66. The fourth-order valence-corrected chi connectivity index (χ4v) is 1.66. The van der Waals surface area contributed by atoms with Gasteiger partial charge in [0.05, 0.1) is 18.0 Å². The van der Waals surface area contributed by atoms with Crippen molar-refractivity contribution in [2.24, 2.45) is 0 Å². The number of hydrogen-bond donors (Lipinski definition) is 0. The highest BCUT2D eigenvalue weighted by Crippen LogP contribution is 2.08. The first-order valence-electron chi connectivity index (χ1n) is 5.92. The third kappa shape index (κ3) is 3.59. The number of hydrogen-bond acceptors (Lipinski definition) is 4. The van der Waals surface area contributed by atoms with Crippen molar-refractivity contribution in [3.05, 3.63) is 22.6 Å². The molecule has 0 atom stereocenters. The second-order valence-corrected chi connectivity index (χ2v) is 3.71. The number of aromatic nitrogens is 2. The van der Waals surface area contributed by atoms with E-state index in [2.05, 4.69) is 16.1 Å². The van der Waals surface area contributed by atoms with E-state index in [9.17, 15) is 4.79 Å². The van der Waals surface area contributed by atoms with Crippen molar-refractivity contribution in [1.82, 2.24) is 9.78 Å². The Hall–Kier alpha value is -1.83. The van der Waals surface area contributed by atoms with Crippen LogP contribution in [-0.4, -0.2) is 22.9 Å². The summed E-state index contributed by atoms with van der Waals surface area (Å²) in [7, 11) is 0. The van der Waals surface area contributed by atoms with E-state index in [1.807, 2.05) is 13.8 Å². The van der Waals surface area contributed by atoms with Crippen molar-refractivity contribution in [3.8, 4) is 6.07 Å². The zero-order valence-corrected chi connectivity index (χ0v) is 10.4. The summed E-state index contributed by atoms with van der Waals surface area (Å²) in [4.78, 5) is 13.8. The molecular formula is C12H18N4O. The molecule has 0 aromatic carbocycles. The number of rotatable bonds is 6. The maximum Gasteiger partial charge on any atom is 0.268 e. The van der Waals surface area contributed by atoms with Crippen LogP contribution < -0.4 is 10.5 Å². The standard InChI is InChI=1S/C12H18N4O/c1-3-15(4-2)11-9-12(17)16(14-10-11)8-6-5-7-13/h9-10H,3-6,8H2,1-2H3. The minimum Gasteiger partial charge on any atom is -0.371 e. The minimum atomic E-state index is -0.104. The van der Waals surface area contributed by atoms with Gasteiger partial charge in [0.25, 0.3) is 5.56 Å². The lowest BCUT2D eigenvalue weighted by molar-refractivity contribution is 0.553. The predicted octanol–water partition coefficient (Wildman–Crippen LogP) is 1.39. The quantitative estimate of drug-likeness (QED) is 0.698. The monoisotopic (exact) mass is 234 g/mol. The summed E-state index contributed by atoms with van der Waals surface area (Å²) >= 11 is 0. The molecule has 1 aromatic rings. The van der Waals surface area contributed by atoms with E-state index in [0.717, 1.165) is 18.8 Å². The number of unbranched alkanes of at least 4 members (excludes halogenated alkanes) is 1. The maximum absolute atomic E-state index is 11.8. The molecule has 0 spiro atoms. The molecule has 0 aliphatic carbocycles. The lowest BCUT2D eigenvalue weighted by Gasteiger charge is -2.20. The molecule has 0 aliphatic heterocycles. The van der Waals surface area contributed by atoms with Crippen LogP contribution in [0.25, 0.3) is 0 Å². The summed E-state index contributed by atoms with van der Waals surface area (Å²) in [5, 5.41) is 12.5. The van der Waals surface area contributed by atoms with Gasteiger partial charge in [-0.1, -0.05) is 0 Å². The van der Waals surface area contributed by atoms with Crippen LogP contribution in [0.3, 0.4) is 0 Å². The van der Waals surface area contributed by atoms with Crippen molar-refractivity contribution in [1.29, 1.82) is 5.26 Å². The highest BCUT2D eigenvalue weighted by Gasteiger charge is 2.04. The average molecular weight is 234 g/mol. The molecule has 0 bridgehead atoms. The molecule has 5 nitrogen and oxygen atoms in total. The SMILES string of the molecule is CCN(CC)c1cnn(CCCC#N)c(=O)c1. The molecular weight excluding hydrogens is 216 g/mol. The Balaban J connectivity index is 2.79. The minimum absolute atomic E-state index is 0.104. The van der Waals surface area contributed by atoms with Gasteiger partial charge in [0.15, 0.2) is 0 Å². The van der Waals surface area contributed by atoms with Crippen molar-refractivity contribution in [3.63, 3.8) is 0 Å². The summed E-state index contributed by atoms with van der Waals surface area (Å²) < 4.78 is 1.41. The molecule has 1 aromatic heterocycles. The zero-order valence-electron chi connectivity index (χ0n) is 10.4. The van der Waals surface area contributed by atoms with Crippen LogP contribution in [0, 0.1) is 11.3 Å². The van der Waals surface area contributed by atoms with Crippen LogP contribution in [0.2, 0.25) is 0 Å². The van der Waals surface area contributed by atoms with Gasteiger partial charge in [-0.25, -0.2) is 4.68 Å². The van der Waals surface area contributed by atoms with Gasteiger partial charge >= 0.3 is 0 Å². The second kappa shape index (κ2) is 6.69. The molecule has 0 unspecified atom stereocenters. The Morgan fingerprint density at radius 2 is 2.18 bits per heavy atom. The lowest BCUT2D eigenvalue weighted by Crippen LogP contribution is -2.27.